The zero-order chi connectivity index (χ0) is 17.8. The molecule has 0 atom stereocenters. The molecule has 0 saturated heterocycles. The lowest BCUT2D eigenvalue weighted by atomic mass is 10.2. The van der Waals surface area contributed by atoms with E-state index in [1.54, 1.807) is 36.4 Å². The van der Waals surface area contributed by atoms with Crippen LogP contribution in [0.15, 0.2) is 53.3 Å². The van der Waals surface area contributed by atoms with Crippen LogP contribution in [0.25, 0.3) is 10.9 Å². The van der Waals surface area contributed by atoms with Crippen molar-refractivity contribution in [3.8, 4) is 0 Å². The second kappa shape index (κ2) is 6.91. The standard InChI is InChI=1S/C17H14N4O4/c1-25-17(24)11-6-8-12(9-7-11)18-15(22)10-21-16(23)13-4-2-3-5-14(13)19-20-21/h2-9H,10H2,1H3,(H,18,22). The molecule has 8 heteroatoms. The Balaban J connectivity index is 1.73. The third-order valence-electron chi connectivity index (χ3n) is 3.51. The van der Waals surface area contributed by atoms with E-state index in [1.807, 2.05) is 0 Å². The SMILES string of the molecule is COC(=O)c1ccc(NC(=O)Cn2nnc3ccccc3c2=O)cc1. The number of hydrogen-bond acceptors (Lipinski definition) is 6. The lowest BCUT2D eigenvalue weighted by molar-refractivity contribution is -0.117. The molecule has 0 saturated carbocycles. The van der Waals surface area contributed by atoms with E-state index in [2.05, 4.69) is 20.4 Å². The van der Waals surface area contributed by atoms with Gasteiger partial charge in [-0.05, 0) is 36.4 Å². The van der Waals surface area contributed by atoms with Crippen LogP contribution in [0.2, 0.25) is 0 Å². The van der Waals surface area contributed by atoms with Gasteiger partial charge in [-0.15, -0.1) is 5.10 Å². The maximum atomic E-state index is 12.3. The third kappa shape index (κ3) is 3.52. The number of rotatable bonds is 4. The number of hydrogen-bond donors (Lipinski definition) is 1. The van der Waals surface area contributed by atoms with Gasteiger partial charge in [-0.1, -0.05) is 17.3 Å². The van der Waals surface area contributed by atoms with Crippen molar-refractivity contribution < 1.29 is 14.3 Å². The Morgan fingerprint density at radius 3 is 2.56 bits per heavy atom. The maximum absolute atomic E-state index is 12.3. The third-order valence-corrected chi connectivity index (χ3v) is 3.51. The van der Waals surface area contributed by atoms with Gasteiger partial charge in [0.2, 0.25) is 5.91 Å². The Labute approximate surface area is 142 Å². The molecule has 0 aliphatic carbocycles. The predicted octanol–water partition coefficient (Wildman–Crippen LogP) is 1.22. The number of anilines is 1. The number of amides is 1. The van der Waals surface area contributed by atoms with Crippen molar-refractivity contribution in [1.82, 2.24) is 15.0 Å². The van der Waals surface area contributed by atoms with Crippen LogP contribution >= 0.6 is 0 Å². The minimum atomic E-state index is -0.462. The quantitative estimate of drug-likeness (QED) is 0.717. The fraction of sp³-hybridized carbons (Fsp3) is 0.118. The molecule has 0 fully saturated rings. The Morgan fingerprint density at radius 2 is 1.84 bits per heavy atom. The molecule has 8 nitrogen and oxygen atoms in total. The monoisotopic (exact) mass is 338 g/mol. The normalized spacial score (nSPS) is 10.4. The summed E-state index contributed by atoms with van der Waals surface area (Å²) >= 11 is 0. The summed E-state index contributed by atoms with van der Waals surface area (Å²) in [4.78, 5) is 35.8. The van der Waals surface area contributed by atoms with Crippen LogP contribution in [0, 0.1) is 0 Å². The number of nitrogens with one attached hydrogen (secondary N) is 1. The summed E-state index contributed by atoms with van der Waals surface area (Å²) in [6.07, 6.45) is 0. The fourth-order valence-electron chi connectivity index (χ4n) is 2.27. The predicted molar refractivity (Wildman–Crippen MR) is 90.2 cm³/mol. The number of fused-ring (bicyclic) bond motifs is 1. The molecule has 0 bridgehead atoms. The molecule has 1 aromatic heterocycles. The average Bonchev–Trinajstić information content (AvgIpc) is 2.64. The highest BCUT2D eigenvalue weighted by Crippen LogP contribution is 2.10. The van der Waals surface area contributed by atoms with E-state index in [-0.39, 0.29) is 12.1 Å². The Morgan fingerprint density at radius 1 is 1.12 bits per heavy atom. The van der Waals surface area contributed by atoms with Crippen LogP contribution in [0.4, 0.5) is 5.69 Å². The first-order valence-corrected chi connectivity index (χ1v) is 7.39. The molecular weight excluding hydrogens is 324 g/mol. The second-order valence-electron chi connectivity index (χ2n) is 5.19. The molecule has 1 heterocycles. The first kappa shape index (κ1) is 16.3. The van der Waals surface area contributed by atoms with Crippen molar-refractivity contribution in [2.75, 3.05) is 12.4 Å². The van der Waals surface area contributed by atoms with E-state index in [0.717, 1.165) is 4.68 Å². The van der Waals surface area contributed by atoms with Gasteiger partial charge in [-0.25, -0.2) is 9.48 Å². The van der Waals surface area contributed by atoms with Crippen LogP contribution in [0.3, 0.4) is 0 Å². The van der Waals surface area contributed by atoms with E-state index >= 15 is 0 Å². The van der Waals surface area contributed by atoms with Gasteiger partial charge in [0, 0.05) is 5.69 Å². The summed E-state index contributed by atoms with van der Waals surface area (Å²) in [5, 5.41) is 10.7. The van der Waals surface area contributed by atoms with Gasteiger partial charge in [-0.3, -0.25) is 9.59 Å². The molecule has 3 aromatic rings. The molecule has 3 rings (SSSR count). The molecular formula is C17H14N4O4. The smallest absolute Gasteiger partial charge is 0.337 e. The first-order valence-electron chi connectivity index (χ1n) is 7.39. The van der Waals surface area contributed by atoms with Crippen molar-refractivity contribution in [3.05, 3.63) is 64.4 Å². The summed E-state index contributed by atoms with van der Waals surface area (Å²) < 4.78 is 5.61. The number of esters is 1. The number of carbonyl (C=O) groups excluding carboxylic acids is 2. The lowest BCUT2D eigenvalue weighted by Crippen LogP contribution is -2.30. The Hall–Kier alpha value is -3.55. The summed E-state index contributed by atoms with van der Waals surface area (Å²) in [5.74, 6) is -0.895. The van der Waals surface area contributed by atoms with E-state index in [9.17, 15) is 14.4 Å². The van der Waals surface area contributed by atoms with Crippen LogP contribution in [0.5, 0.6) is 0 Å². The first-order chi connectivity index (χ1) is 12.1. The van der Waals surface area contributed by atoms with Gasteiger partial charge in [0.25, 0.3) is 5.56 Å². The fourth-order valence-corrected chi connectivity index (χ4v) is 2.27. The highest BCUT2D eigenvalue weighted by Gasteiger charge is 2.10. The van der Waals surface area contributed by atoms with Gasteiger partial charge >= 0.3 is 5.97 Å². The zero-order valence-corrected chi connectivity index (χ0v) is 13.3. The summed E-state index contributed by atoms with van der Waals surface area (Å²) in [7, 11) is 1.29. The molecule has 0 unspecified atom stereocenters. The molecule has 0 spiro atoms. The maximum Gasteiger partial charge on any atom is 0.337 e. The molecule has 25 heavy (non-hydrogen) atoms. The Kier molecular flexibility index (Phi) is 4.51. The number of methoxy groups -OCH3 is 1. The molecule has 1 amide bonds. The number of benzene rings is 2. The molecule has 0 aliphatic rings. The van der Waals surface area contributed by atoms with Crippen LogP contribution in [-0.2, 0) is 16.1 Å². The molecule has 2 aromatic carbocycles. The van der Waals surface area contributed by atoms with Crippen LogP contribution in [0.1, 0.15) is 10.4 Å². The van der Waals surface area contributed by atoms with E-state index in [4.69, 9.17) is 0 Å². The van der Waals surface area contributed by atoms with Crippen LogP contribution in [-0.4, -0.2) is 34.0 Å². The van der Waals surface area contributed by atoms with Crippen LogP contribution < -0.4 is 10.9 Å². The number of carbonyl (C=O) groups is 2. The summed E-state index contributed by atoms with van der Waals surface area (Å²) in [6.45, 7) is -0.268. The van der Waals surface area contributed by atoms with Crippen molar-refractivity contribution in [2.45, 2.75) is 6.54 Å². The highest BCUT2D eigenvalue weighted by molar-refractivity contribution is 5.93. The lowest BCUT2D eigenvalue weighted by Gasteiger charge is -2.07. The summed E-state index contributed by atoms with van der Waals surface area (Å²) in [5.41, 5.74) is 0.945. The zero-order valence-electron chi connectivity index (χ0n) is 13.3. The van der Waals surface area contributed by atoms with Crippen molar-refractivity contribution in [1.29, 1.82) is 0 Å². The minimum absolute atomic E-state index is 0.268. The van der Waals surface area contributed by atoms with Gasteiger partial charge in [0.15, 0.2) is 0 Å². The van der Waals surface area contributed by atoms with Gasteiger partial charge < -0.3 is 10.1 Å². The number of nitrogens with zero attached hydrogens (tertiary/aromatic N) is 3. The second-order valence-corrected chi connectivity index (χ2v) is 5.19. The van der Waals surface area contributed by atoms with Gasteiger partial charge in [0.1, 0.15) is 12.1 Å². The van der Waals surface area contributed by atoms with E-state index in [0.29, 0.717) is 22.2 Å². The molecule has 126 valence electrons. The molecule has 0 radical (unpaired) electrons. The average molecular weight is 338 g/mol. The highest BCUT2D eigenvalue weighted by atomic mass is 16.5. The van der Waals surface area contributed by atoms with E-state index < -0.39 is 11.9 Å². The molecule has 0 aliphatic heterocycles. The van der Waals surface area contributed by atoms with Crippen molar-refractivity contribution in [3.63, 3.8) is 0 Å². The van der Waals surface area contributed by atoms with Gasteiger partial charge in [-0.2, -0.15) is 0 Å². The molecule has 1 N–H and O–H groups in total. The largest absolute Gasteiger partial charge is 0.465 e. The van der Waals surface area contributed by atoms with Crippen molar-refractivity contribution in [2.24, 2.45) is 0 Å². The van der Waals surface area contributed by atoms with Gasteiger partial charge in [0.05, 0.1) is 18.1 Å². The van der Waals surface area contributed by atoms with Crippen molar-refractivity contribution >= 4 is 28.5 Å². The summed E-state index contributed by atoms with van der Waals surface area (Å²) in [6, 6.07) is 13.0. The Bertz CT molecular complexity index is 995. The number of ether oxygens (including phenoxy) is 1. The number of aromatic nitrogens is 3. The topological polar surface area (TPSA) is 103 Å². The van der Waals surface area contributed by atoms with E-state index in [1.165, 1.54) is 19.2 Å². The minimum Gasteiger partial charge on any atom is -0.465 e.